The summed E-state index contributed by atoms with van der Waals surface area (Å²) in [7, 11) is 1.75. The summed E-state index contributed by atoms with van der Waals surface area (Å²) in [4.78, 5) is 17.5. The lowest BCUT2D eigenvalue weighted by atomic mass is 9.96. The number of hydrogen-bond donors (Lipinski definition) is 2. The van der Waals surface area contributed by atoms with Crippen LogP contribution in [0, 0.1) is 16.7 Å². The molecule has 208 valence electrons. The van der Waals surface area contributed by atoms with Crippen molar-refractivity contribution in [1.82, 2.24) is 24.5 Å². The van der Waals surface area contributed by atoms with Crippen molar-refractivity contribution in [3.05, 3.63) is 87.2 Å². The van der Waals surface area contributed by atoms with Gasteiger partial charge >= 0.3 is 0 Å². The van der Waals surface area contributed by atoms with E-state index in [1.54, 1.807) is 24.0 Å². The second-order valence-electron chi connectivity index (χ2n) is 11.9. The number of aryl methyl sites for hydroxylation is 1. The molecule has 41 heavy (non-hydrogen) atoms. The molecule has 0 amide bonds. The first-order chi connectivity index (χ1) is 19.6. The average Bonchev–Trinajstić information content (AvgIpc) is 3.68. The third kappa shape index (κ3) is 5.23. The highest BCUT2D eigenvalue weighted by Crippen LogP contribution is 2.38. The summed E-state index contributed by atoms with van der Waals surface area (Å²) in [5, 5.41) is 28.6. The maximum absolute atomic E-state index is 13.0. The summed E-state index contributed by atoms with van der Waals surface area (Å²) in [5.41, 5.74) is 4.04. The van der Waals surface area contributed by atoms with Crippen LogP contribution in [0.4, 0.5) is 11.4 Å². The lowest BCUT2D eigenvalue weighted by molar-refractivity contribution is 0.443. The SMILES string of the molecule is Cn1ccc2c(C(Nc3cc(Cl)c4ncc(C#N)c(NCC(C)(C)C)c4c3)c3cn(C4CC4)nn3)cccc2c1=O. The van der Waals surface area contributed by atoms with Crippen LogP contribution < -0.4 is 16.2 Å². The minimum atomic E-state index is -0.426. The Bertz CT molecular complexity index is 1890. The molecule has 1 aliphatic carbocycles. The van der Waals surface area contributed by atoms with Crippen LogP contribution in [0.2, 0.25) is 5.02 Å². The van der Waals surface area contributed by atoms with Crippen LogP contribution in [0.5, 0.6) is 0 Å². The van der Waals surface area contributed by atoms with Crippen LogP contribution in [-0.2, 0) is 7.05 Å². The Morgan fingerprint density at radius 3 is 2.71 bits per heavy atom. The van der Waals surface area contributed by atoms with E-state index in [1.807, 2.05) is 47.3 Å². The van der Waals surface area contributed by atoms with Crippen LogP contribution in [0.25, 0.3) is 21.7 Å². The first-order valence-corrected chi connectivity index (χ1v) is 14.0. The number of nitrogens with zero attached hydrogens (tertiary/aromatic N) is 6. The number of benzene rings is 2. The predicted molar refractivity (Wildman–Crippen MR) is 162 cm³/mol. The van der Waals surface area contributed by atoms with Crippen molar-refractivity contribution in [2.45, 2.75) is 45.7 Å². The second-order valence-corrected chi connectivity index (χ2v) is 12.3. The normalized spacial score (nSPS) is 14.2. The number of fused-ring (bicyclic) bond motifs is 2. The zero-order valence-corrected chi connectivity index (χ0v) is 24.2. The molecule has 1 aliphatic rings. The van der Waals surface area contributed by atoms with Crippen molar-refractivity contribution in [2.75, 3.05) is 17.2 Å². The summed E-state index contributed by atoms with van der Waals surface area (Å²) in [6, 6.07) is 13.7. The maximum atomic E-state index is 13.0. The van der Waals surface area contributed by atoms with Gasteiger partial charge in [-0.3, -0.25) is 9.78 Å². The van der Waals surface area contributed by atoms with Gasteiger partial charge in [-0.1, -0.05) is 49.7 Å². The van der Waals surface area contributed by atoms with E-state index in [0.29, 0.717) is 39.8 Å². The van der Waals surface area contributed by atoms with Gasteiger partial charge in [0, 0.05) is 42.4 Å². The highest BCUT2D eigenvalue weighted by atomic mass is 35.5. The zero-order chi connectivity index (χ0) is 28.9. The molecule has 0 radical (unpaired) electrons. The van der Waals surface area contributed by atoms with Crippen LogP contribution in [0.3, 0.4) is 0 Å². The number of hydrogen-bond acceptors (Lipinski definition) is 7. The molecule has 9 nitrogen and oxygen atoms in total. The fourth-order valence-electron chi connectivity index (χ4n) is 5.04. The molecule has 3 heterocycles. The topological polar surface area (TPSA) is 113 Å². The lowest BCUT2D eigenvalue weighted by Crippen LogP contribution is -2.20. The van der Waals surface area contributed by atoms with Crippen LogP contribution in [-0.4, -0.2) is 31.1 Å². The second kappa shape index (κ2) is 10.2. The smallest absolute Gasteiger partial charge is 0.258 e. The number of aromatic nitrogens is 5. The van der Waals surface area contributed by atoms with Gasteiger partial charge in [0.05, 0.1) is 40.1 Å². The van der Waals surface area contributed by atoms with Crippen molar-refractivity contribution >= 4 is 44.7 Å². The van der Waals surface area contributed by atoms with Crippen molar-refractivity contribution in [2.24, 2.45) is 12.5 Å². The van der Waals surface area contributed by atoms with E-state index in [2.05, 4.69) is 52.8 Å². The number of anilines is 2. The monoisotopic (exact) mass is 566 g/mol. The molecule has 1 fully saturated rings. The quantitative estimate of drug-likeness (QED) is 0.241. The summed E-state index contributed by atoms with van der Waals surface area (Å²) >= 11 is 6.79. The van der Waals surface area contributed by atoms with E-state index < -0.39 is 6.04 Å². The number of rotatable bonds is 7. The molecule has 2 aromatic carbocycles. The van der Waals surface area contributed by atoms with Crippen molar-refractivity contribution in [3.63, 3.8) is 0 Å². The summed E-state index contributed by atoms with van der Waals surface area (Å²) in [6.07, 6.45) is 7.49. The third-order valence-electron chi connectivity index (χ3n) is 7.36. The molecule has 5 aromatic rings. The Morgan fingerprint density at radius 2 is 1.98 bits per heavy atom. The standard InChI is InChI=1S/C31H31ClN8O/c1-31(2,3)17-35-27-18(14-33)15-34-28-24(27)12-19(13-25(28)32)36-29(26-16-40(38-37-26)20-8-9-20)22-6-5-7-23-21(22)10-11-39(4)30(23)41/h5-7,10-13,15-16,20,29,36H,8-9,17H2,1-4H3,(H,34,35). The number of nitrogens with one attached hydrogen (secondary N) is 2. The van der Waals surface area contributed by atoms with Gasteiger partial charge in [0.15, 0.2) is 0 Å². The van der Waals surface area contributed by atoms with Gasteiger partial charge in [0.1, 0.15) is 11.8 Å². The summed E-state index contributed by atoms with van der Waals surface area (Å²) < 4.78 is 3.49. The van der Waals surface area contributed by atoms with Gasteiger partial charge in [0.2, 0.25) is 0 Å². The Labute approximate surface area is 242 Å². The van der Waals surface area contributed by atoms with Gasteiger partial charge < -0.3 is 15.2 Å². The number of halogens is 1. The van der Waals surface area contributed by atoms with Crippen molar-refractivity contribution in [3.8, 4) is 6.07 Å². The molecular weight excluding hydrogens is 536 g/mol. The molecular formula is C31H31ClN8O. The van der Waals surface area contributed by atoms with Gasteiger partial charge in [0.25, 0.3) is 5.56 Å². The van der Waals surface area contributed by atoms with Gasteiger partial charge in [-0.2, -0.15) is 5.26 Å². The minimum absolute atomic E-state index is 0.00806. The van der Waals surface area contributed by atoms with E-state index in [-0.39, 0.29) is 11.0 Å². The van der Waals surface area contributed by atoms with E-state index in [0.717, 1.165) is 40.6 Å². The molecule has 0 bridgehead atoms. The molecule has 0 saturated heterocycles. The molecule has 1 saturated carbocycles. The van der Waals surface area contributed by atoms with Crippen LogP contribution >= 0.6 is 11.6 Å². The predicted octanol–water partition coefficient (Wildman–Crippen LogP) is 6.20. The highest BCUT2D eigenvalue weighted by Gasteiger charge is 2.28. The first kappa shape index (κ1) is 26.8. The van der Waals surface area contributed by atoms with E-state index in [4.69, 9.17) is 11.6 Å². The summed E-state index contributed by atoms with van der Waals surface area (Å²) in [5.74, 6) is 0. The third-order valence-corrected chi connectivity index (χ3v) is 7.65. The number of nitriles is 1. The largest absolute Gasteiger partial charge is 0.383 e. The summed E-state index contributed by atoms with van der Waals surface area (Å²) in [6.45, 7) is 7.05. The zero-order valence-electron chi connectivity index (χ0n) is 23.4. The first-order valence-electron chi connectivity index (χ1n) is 13.7. The molecule has 2 N–H and O–H groups in total. The Hall–Kier alpha value is -4.42. The van der Waals surface area contributed by atoms with E-state index in [9.17, 15) is 10.1 Å². The average molecular weight is 567 g/mol. The minimum Gasteiger partial charge on any atom is -0.383 e. The van der Waals surface area contributed by atoms with Gasteiger partial charge in [-0.15, -0.1) is 5.10 Å². The Morgan fingerprint density at radius 1 is 1.17 bits per heavy atom. The molecule has 0 spiro atoms. The molecule has 1 unspecified atom stereocenters. The van der Waals surface area contributed by atoms with Crippen LogP contribution in [0.15, 0.2) is 59.8 Å². The molecule has 1 atom stereocenters. The van der Waals surface area contributed by atoms with E-state index in [1.165, 1.54) is 0 Å². The maximum Gasteiger partial charge on any atom is 0.258 e. The highest BCUT2D eigenvalue weighted by molar-refractivity contribution is 6.35. The molecule has 0 aliphatic heterocycles. The lowest BCUT2D eigenvalue weighted by Gasteiger charge is -2.23. The van der Waals surface area contributed by atoms with Crippen molar-refractivity contribution < 1.29 is 0 Å². The molecule has 6 rings (SSSR count). The Balaban J connectivity index is 1.50. The fraction of sp³-hybridized carbons (Fsp3) is 0.323. The molecule has 10 heteroatoms. The Kier molecular flexibility index (Phi) is 6.66. The van der Waals surface area contributed by atoms with Gasteiger partial charge in [-0.05, 0) is 53.5 Å². The number of pyridine rings is 2. The molecule has 3 aromatic heterocycles. The van der Waals surface area contributed by atoms with Gasteiger partial charge in [-0.25, -0.2) is 4.68 Å². The van der Waals surface area contributed by atoms with E-state index >= 15 is 0 Å². The fourth-order valence-corrected chi connectivity index (χ4v) is 5.31. The van der Waals surface area contributed by atoms with Crippen molar-refractivity contribution in [1.29, 1.82) is 5.26 Å². The van der Waals surface area contributed by atoms with Crippen LogP contribution in [0.1, 0.15) is 62.5 Å².